The zero-order valence-electron chi connectivity index (χ0n) is 25.5. The first kappa shape index (κ1) is 30.1. The van der Waals surface area contributed by atoms with Crippen molar-refractivity contribution in [2.75, 3.05) is 6.54 Å². The van der Waals surface area contributed by atoms with Crippen LogP contribution in [0.4, 0.5) is 0 Å². The van der Waals surface area contributed by atoms with E-state index in [2.05, 4.69) is 27.1 Å². The van der Waals surface area contributed by atoms with E-state index < -0.39 is 6.04 Å². The third-order valence-electron chi connectivity index (χ3n) is 8.11. The summed E-state index contributed by atoms with van der Waals surface area (Å²) in [5.41, 5.74) is 6.11. The maximum atomic E-state index is 14.5. The van der Waals surface area contributed by atoms with E-state index in [9.17, 15) is 9.59 Å². The van der Waals surface area contributed by atoms with Crippen LogP contribution in [0.5, 0.6) is 0 Å². The van der Waals surface area contributed by atoms with Crippen molar-refractivity contribution in [3.8, 4) is 11.4 Å². The number of hydrogen-bond donors (Lipinski definition) is 0. The average Bonchev–Trinajstić information content (AvgIpc) is 3.41. The van der Waals surface area contributed by atoms with Crippen molar-refractivity contribution < 1.29 is 9.59 Å². The predicted molar refractivity (Wildman–Crippen MR) is 178 cm³/mol. The zero-order chi connectivity index (χ0) is 31.2. The molecule has 45 heavy (non-hydrogen) atoms. The van der Waals surface area contributed by atoms with Gasteiger partial charge in [-0.25, -0.2) is 15.0 Å². The smallest absolute Gasteiger partial charge is 0.247 e. The summed E-state index contributed by atoms with van der Waals surface area (Å²) in [6.45, 7) is 5.32. The van der Waals surface area contributed by atoms with Crippen molar-refractivity contribution in [2.24, 2.45) is 0 Å². The first-order chi connectivity index (χ1) is 21.9. The minimum absolute atomic E-state index is 0.0470. The van der Waals surface area contributed by atoms with E-state index in [1.165, 1.54) is 5.56 Å². The molecule has 8 heteroatoms. The molecule has 3 aromatic carbocycles. The monoisotopic (exact) mass is 613 g/mol. The first-order valence-electron chi connectivity index (χ1n) is 15.1. The number of aryl methyl sites for hydroxylation is 2. The molecular weight excluding hydrogens is 579 g/mol. The van der Waals surface area contributed by atoms with E-state index in [-0.39, 0.29) is 18.4 Å². The Balaban J connectivity index is 1.35. The summed E-state index contributed by atoms with van der Waals surface area (Å²) >= 11 is 1.55. The molecule has 0 N–H and O–H groups in total. The van der Waals surface area contributed by atoms with Crippen molar-refractivity contribution >= 4 is 29.2 Å². The van der Waals surface area contributed by atoms with Gasteiger partial charge in [0.25, 0.3) is 0 Å². The van der Waals surface area contributed by atoms with Gasteiger partial charge in [-0.1, -0.05) is 78.9 Å². The number of benzene rings is 3. The average molecular weight is 614 g/mol. The Morgan fingerprint density at radius 2 is 1.60 bits per heavy atom. The molecule has 3 heterocycles. The largest absolute Gasteiger partial charge is 0.336 e. The molecule has 1 aliphatic rings. The summed E-state index contributed by atoms with van der Waals surface area (Å²) in [6.07, 6.45) is 8.05. The molecule has 1 atom stereocenters. The highest BCUT2D eigenvalue weighted by Gasteiger charge is 2.34. The maximum absolute atomic E-state index is 14.5. The van der Waals surface area contributed by atoms with E-state index in [4.69, 9.17) is 0 Å². The first-order valence-corrected chi connectivity index (χ1v) is 15.9. The summed E-state index contributed by atoms with van der Waals surface area (Å²) in [6, 6.07) is 27.2. The molecule has 1 aliphatic heterocycles. The van der Waals surface area contributed by atoms with Crippen molar-refractivity contribution in [2.45, 2.75) is 45.8 Å². The van der Waals surface area contributed by atoms with Gasteiger partial charge in [-0.3, -0.25) is 9.59 Å². The highest BCUT2D eigenvalue weighted by atomic mass is 32.1. The molecule has 0 saturated carbocycles. The van der Waals surface area contributed by atoms with Gasteiger partial charge in [-0.05, 0) is 54.7 Å². The van der Waals surface area contributed by atoms with Crippen LogP contribution >= 0.6 is 11.3 Å². The van der Waals surface area contributed by atoms with Gasteiger partial charge in [0.05, 0.1) is 15.6 Å². The van der Waals surface area contributed by atoms with Gasteiger partial charge in [0, 0.05) is 50.1 Å². The van der Waals surface area contributed by atoms with Crippen LogP contribution in [0.3, 0.4) is 0 Å². The fourth-order valence-corrected chi connectivity index (χ4v) is 6.58. The SMILES string of the molecule is Cc1nc(C)c(C=CC(=O)N(Cc2ccc(-c3ncccn3)cc2)[C@@H](Cc2ccccc2)C(=O)N2CCc3ccccc3C2)s1. The Morgan fingerprint density at radius 1 is 0.889 bits per heavy atom. The number of carbonyl (C=O) groups is 2. The molecular formula is C37H35N5O2S. The van der Waals surface area contributed by atoms with Crippen molar-refractivity contribution in [1.82, 2.24) is 24.8 Å². The molecule has 0 unspecified atom stereocenters. The van der Waals surface area contributed by atoms with Gasteiger partial charge >= 0.3 is 0 Å². The number of hydrogen-bond acceptors (Lipinski definition) is 6. The Hall–Kier alpha value is -4.95. The van der Waals surface area contributed by atoms with Crippen LogP contribution in [0, 0.1) is 13.8 Å². The van der Waals surface area contributed by atoms with Crippen LogP contribution in [0.25, 0.3) is 17.5 Å². The number of rotatable bonds is 9. The molecule has 0 radical (unpaired) electrons. The molecule has 226 valence electrons. The maximum Gasteiger partial charge on any atom is 0.247 e. The quantitative estimate of drug-likeness (QED) is 0.179. The lowest BCUT2D eigenvalue weighted by Crippen LogP contribution is -2.52. The lowest BCUT2D eigenvalue weighted by molar-refractivity contribution is -0.144. The topological polar surface area (TPSA) is 79.3 Å². The lowest BCUT2D eigenvalue weighted by Gasteiger charge is -2.37. The second-order valence-corrected chi connectivity index (χ2v) is 12.5. The van der Waals surface area contributed by atoms with Gasteiger partial charge in [-0.2, -0.15) is 0 Å². The molecule has 7 nitrogen and oxygen atoms in total. The molecule has 2 aromatic heterocycles. The summed E-state index contributed by atoms with van der Waals surface area (Å²) in [4.78, 5) is 46.5. The fraction of sp³-hybridized carbons (Fsp3) is 0.216. The van der Waals surface area contributed by atoms with Crippen LogP contribution in [0.15, 0.2) is 103 Å². The minimum Gasteiger partial charge on any atom is -0.336 e. The zero-order valence-corrected chi connectivity index (χ0v) is 26.3. The highest BCUT2D eigenvalue weighted by Crippen LogP contribution is 2.25. The normalized spacial score (nSPS) is 13.4. The summed E-state index contributed by atoms with van der Waals surface area (Å²) in [7, 11) is 0. The van der Waals surface area contributed by atoms with Crippen LogP contribution in [-0.2, 0) is 35.5 Å². The van der Waals surface area contributed by atoms with Gasteiger partial charge in [0.1, 0.15) is 6.04 Å². The minimum atomic E-state index is -0.698. The lowest BCUT2D eigenvalue weighted by atomic mass is 9.97. The third kappa shape index (κ3) is 7.24. The fourth-order valence-electron chi connectivity index (χ4n) is 5.75. The Bertz CT molecular complexity index is 1800. The second-order valence-electron chi connectivity index (χ2n) is 11.2. The molecule has 2 amide bonds. The Labute approximate surface area is 267 Å². The number of carbonyl (C=O) groups excluding carboxylic acids is 2. The predicted octanol–water partition coefficient (Wildman–Crippen LogP) is 6.46. The highest BCUT2D eigenvalue weighted by molar-refractivity contribution is 7.12. The van der Waals surface area contributed by atoms with Crippen LogP contribution in [0.2, 0.25) is 0 Å². The molecule has 0 saturated heterocycles. The van der Waals surface area contributed by atoms with Crippen molar-refractivity contribution in [3.05, 3.63) is 141 Å². The molecule has 0 spiro atoms. The van der Waals surface area contributed by atoms with Crippen molar-refractivity contribution in [3.63, 3.8) is 0 Å². The van der Waals surface area contributed by atoms with Gasteiger partial charge in [0.15, 0.2) is 5.82 Å². The Morgan fingerprint density at radius 3 is 2.31 bits per heavy atom. The summed E-state index contributed by atoms with van der Waals surface area (Å²) in [5.74, 6) is 0.370. The molecule has 0 fully saturated rings. The number of aromatic nitrogens is 3. The van der Waals surface area contributed by atoms with E-state index in [0.29, 0.717) is 25.3 Å². The van der Waals surface area contributed by atoms with E-state index in [1.807, 2.05) is 91.6 Å². The van der Waals surface area contributed by atoms with Gasteiger partial charge in [-0.15, -0.1) is 11.3 Å². The van der Waals surface area contributed by atoms with Crippen LogP contribution < -0.4 is 0 Å². The van der Waals surface area contributed by atoms with E-state index in [1.54, 1.807) is 40.8 Å². The molecule has 5 aromatic rings. The van der Waals surface area contributed by atoms with E-state index >= 15 is 0 Å². The van der Waals surface area contributed by atoms with Crippen molar-refractivity contribution in [1.29, 1.82) is 0 Å². The summed E-state index contributed by atoms with van der Waals surface area (Å²) < 4.78 is 0. The van der Waals surface area contributed by atoms with Gasteiger partial charge < -0.3 is 9.80 Å². The number of thiazole rings is 1. The standard InChI is InChI=1S/C37H35N5O2S/c1-26-34(45-27(2)40-26)17-18-35(43)42(24-29-13-15-31(16-14-29)36-38-20-8-21-39-36)33(23-28-9-4-3-5-10-28)37(44)41-22-19-30-11-6-7-12-32(30)25-41/h3-18,20-21,33H,19,22-25H2,1-2H3/t33-/m0/s1. The summed E-state index contributed by atoms with van der Waals surface area (Å²) in [5, 5.41) is 0.946. The van der Waals surface area contributed by atoms with E-state index in [0.717, 1.165) is 44.3 Å². The third-order valence-corrected chi connectivity index (χ3v) is 9.14. The number of amides is 2. The number of nitrogens with zero attached hydrogens (tertiary/aromatic N) is 5. The number of fused-ring (bicyclic) bond motifs is 1. The molecule has 0 aliphatic carbocycles. The van der Waals surface area contributed by atoms with Crippen LogP contribution in [-0.4, -0.2) is 49.2 Å². The second kappa shape index (κ2) is 13.8. The van der Waals surface area contributed by atoms with Gasteiger partial charge in [0.2, 0.25) is 11.8 Å². The molecule has 0 bridgehead atoms. The van der Waals surface area contributed by atoms with Crippen LogP contribution in [0.1, 0.15) is 37.8 Å². The molecule has 6 rings (SSSR count). The Kier molecular flexibility index (Phi) is 9.22.